The summed E-state index contributed by atoms with van der Waals surface area (Å²) in [5.74, 6) is 1.13. The van der Waals surface area contributed by atoms with Gasteiger partial charge >= 0.3 is 0 Å². The molecule has 0 aliphatic carbocycles. The number of nitrogens with zero attached hydrogens (tertiary/aromatic N) is 3. The van der Waals surface area contributed by atoms with Crippen LogP contribution in [0.4, 0.5) is 0 Å². The van der Waals surface area contributed by atoms with Gasteiger partial charge in [0.25, 0.3) is 0 Å². The van der Waals surface area contributed by atoms with E-state index in [1.165, 1.54) is 0 Å². The molecule has 0 saturated carbocycles. The van der Waals surface area contributed by atoms with Crippen LogP contribution in [0.2, 0.25) is 0 Å². The molecule has 2 heterocycles. The fourth-order valence-corrected chi connectivity index (χ4v) is 1.60. The van der Waals surface area contributed by atoms with Gasteiger partial charge in [-0.1, -0.05) is 0 Å². The van der Waals surface area contributed by atoms with Gasteiger partial charge < -0.3 is 14.0 Å². The van der Waals surface area contributed by atoms with E-state index in [1.807, 2.05) is 4.57 Å². The summed E-state index contributed by atoms with van der Waals surface area (Å²) in [5, 5.41) is 7.68. The van der Waals surface area contributed by atoms with Crippen molar-refractivity contribution in [3.8, 4) is 0 Å². The van der Waals surface area contributed by atoms with Crippen molar-refractivity contribution in [1.82, 2.24) is 14.8 Å². The summed E-state index contributed by atoms with van der Waals surface area (Å²) in [5.41, 5.74) is 0. The molecule has 14 heavy (non-hydrogen) atoms. The minimum Gasteiger partial charge on any atom is -0.376 e. The lowest BCUT2D eigenvalue weighted by Gasteiger charge is -2.23. The van der Waals surface area contributed by atoms with Crippen molar-refractivity contribution in [3.63, 3.8) is 0 Å². The molecule has 1 aliphatic rings. The summed E-state index contributed by atoms with van der Waals surface area (Å²) in [6.45, 7) is 2.67. The van der Waals surface area contributed by atoms with Crippen LogP contribution in [0.1, 0.15) is 5.82 Å². The zero-order valence-corrected chi connectivity index (χ0v) is 8.48. The first-order chi connectivity index (χ1) is 6.90. The van der Waals surface area contributed by atoms with Crippen LogP contribution in [0, 0.1) is 0 Å². The minimum atomic E-state index is 0.0849. The Morgan fingerprint density at radius 3 is 3.21 bits per heavy atom. The molecule has 0 spiro atoms. The van der Waals surface area contributed by atoms with E-state index in [0.29, 0.717) is 32.2 Å². The quantitative estimate of drug-likeness (QED) is 0.690. The van der Waals surface area contributed by atoms with E-state index in [1.54, 1.807) is 6.33 Å². The van der Waals surface area contributed by atoms with Gasteiger partial charge in [-0.2, -0.15) is 0 Å². The zero-order chi connectivity index (χ0) is 9.80. The Hall–Kier alpha value is -0.650. The van der Waals surface area contributed by atoms with Crippen molar-refractivity contribution < 1.29 is 9.47 Å². The number of alkyl halides is 1. The standard InChI is InChI=1S/C8H12ClN3O2/c9-3-8-11-10-6-12(8)4-7-5-13-1-2-14-7/h6-7H,1-5H2. The lowest BCUT2D eigenvalue weighted by atomic mass is 10.3. The van der Waals surface area contributed by atoms with Crippen LogP contribution in [0.15, 0.2) is 6.33 Å². The number of hydrogen-bond acceptors (Lipinski definition) is 4. The molecule has 1 saturated heterocycles. The molecule has 0 radical (unpaired) electrons. The molecule has 0 amide bonds. The van der Waals surface area contributed by atoms with Gasteiger partial charge in [0.15, 0.2) is 0 Å². The molecule has 2 rings (SSSR count). The molecule has 1 aliphatic heterocycles. The highest BCUT2D eigenvalue weighted by Crippen LogP contribution is 2.06. The summed E-state index contributed by atoms with van der Waals surface area (Å²) in [6.07, 6.45) is 1.75. The predicted molar refractivity (Wildman–Crippen MR) is 50.1 cm³/mol. The van der Waals surface area contributed by atoms with Crippen LogP contribution in [0.25, 0.3) is 0 Å². The third kappa shape index (κ3) is 2.23. The summed E-state index contributed by atoms with van der Waals surface area (Å²) in [6, 6.07) is 0. The van der Waals surface area contributed by atoms with Gasteiger partial charge in [-0.3, -0.25) is 0 Å². The predicted octanol–water partition coefficient (Wildman–Crippen LogP) is 0.432. The highest BCUT2D eigenvalue weighted by Gasteiger charge is 2.16. The zero-order valence-electron chi connectivity index (χ0n) is 7.73. The van der Waals surface area contributed by atoms with E-state index in [2.05, 4.69) is 10.2 Å². The molecule has 78 valence electrons. The first-order valence-corrected chi connectivity index (χ1v) is 5.05. The fraction of sp³-hybridized carbons (Fsp3) is 0.750. The van der Waals surface area contributed by atoms with Crippen molar-refractivity contribution in [3.05, 3.63) is 12.2 Å². The van der Waals surface area contributed by atoms with Gasteiger partial charge in [0.1, 0.15) is 12.2 Å². The van der Waals surface area contributed by atoms with E-state index >= 15 is 0 Å². The second-order valence-corrected chi connectivity index (χ2v) is 3.37. The maximum Gasteiger partial charge on any atom is 0.147 e. The van der Waals surface area contributed by atoms with Crippen LogP contribution >= 0.6 is 11.6 Å². The maximum atomic E-state index is 5.70. The molecule has 0 N–H and O–H groups in total. The molecule has 6 heteroatoms. The van der Waals surface area contributed by atoms with Gasteiger partial charge in [0, 0.05) is 0 Å². The van der Waals surface area contributed by atoms with Crippen LogP contribution in [0.3, 0.4) is 0 Å². The third-order valence-corrected chi connectivity index (χ3v) is 2.34. The SMILES string of the molecule is ClCc1nncn1CC1COCCO1. The molecule has 1 atom stereocenters. The third-order valence-electron chi connectivity index (χ3n) is 2.10. The van der Waals surface area contributed by atoms with E-state index in [-0.39, 0.29) is 6.10 Å². The topological polar surface area (TPSA) is 49.2 Å². The monoisotopic (exact) mass is 217 g/mol. The number of rotatable bonds is 3. The van der Waals surface area contributed by atoms with Crippen LogP contribution in [0.5, 0.6) is 0 Å². The second kappa shape index (κ2) is 4.72. The Morgan fingerprint density at radius 2 is 2.50 bits per heavy atom. The largest absolute Gasteiger partial charge is 0.376 e. The van der Waals surface area contributed by atoms with Crippen molar-refractivity contribution >= 4 is 11.6 Å². The number of hydrogen-bond donors (Lipinski definition) is 0. The van der Waals surface area contributed by atoms with Gasteiger partial charge in [0.2, 0.25) is 0 Å². The Kier molecular flexibility index (Phi) is 3.34. The lowest BCUT2D eigenvalue weighted by Crippen LogP contribution is -2.32. The normalized spacial score (nSPS) is 22.5. The molecular weight excluding hydrogens is 206 g/mol. The Balaban J connectivity index is 1.95. The summed E-state index contributed by atoms with van der Waals surface area (Å²) in [7, 11) is 0. The van der Waals surface area contributed by atoms with Crippen LogP contribution in [-0.4, -0.2) is 40.7 Å². The first kappa shape index (κ1) is 9.89. The molecule has 5 nitrogen and oxygen atoms in total. The Morgan fingerprint density at radius 1 is 1.57 bits per heavy atom. The van der Waals surface area contributed by atoms with E-state index < -0.39 is 0 Å². The molecular formula is C8H12ClN3O2. The Bertz CT molecular complexity index is 286. The molecule has 0 bridgehead atoms. The number of halogens is 1. The van der Waals surface area contributed by atoms with Crippen LogP contribution in [-0.2, 0) is 21.9 Å². The molecule has 0 aromatic carbocycles. The molecule has 1 unspecified atom stereocenters. The summed E-state index contributed by atoms with van der Waals surface area (Å²) >= 11 is 5.70. The van der Waals surface area contributed by atoms with Crippen LogP contribution < -0.4 is 0 Å². The van der Waals surface area contributed by atoms with Gasteiger partial charge in [-0.25, -0.2) is 0 Å². The fourth-order valence-electron chi connectivity index (χ4n) is 1.40. The maximum absolute atomic E-state index is 5.70. The number of aromatic nitrogens is 3. The van der Waals surface area contributed by atoms with E-state index in [0.717, 1.165) is 5.82 Å². The van der Waals surface area contributed by atoms with Gasteiger partial charge in [0.05, 0.1) is 38.3 Å². The smallest absolute Gasteiger partial charge is 0.147 e. The average molecular weight is 218 g/mol. The molecule has 1 aromatic heterocycles. The van der Waals surface area contributed by atoms with Crippen molar-refractivity contribution in [2.45, 2.75) is 18.5 Å². The highest BCUT2D eigenvalue weighted by atomic mass is 35.5. The van der Waals surface area contributed by atoms with Crippen molar-refractivity contribution in [2.24, 2.45) is 0 Å². The summed E-state index contributed by atoms with van der Waals surface area (Å²) in [4.78, 5) is 0. The van der Waals surface area contributed by atoms with Gasteiger partial charge in [-0.05, 0) is 0 Å². The molecule has 1 fully saturated rings. The van der Waals surface area contributed by atoms with Gasteiger partial charge in [-0.15, -0.1) is 21.8 Å². The number of ether oxygens (including phenoxy) is 2. The molecule has 1 aromatic rings. The second-order valence-electron chi connectivity index (χ2n) is 3.10. The van der Waals surface area contributed by atoms with E-state index in [9.17, 15) is 0 Å². The minimum absolute atomic E-state index is 0.0849. The lowest BCUT2D eigenvalue weighted by molar-refractivity contribution is -0.0937. The Labute approximate surface area is 87.0 Å². The highest BCUT2D eigenvalue weighted by molar-refractivity contribution is 6.16. The van der Waals surface area contributed by atoms with E-state index in [4.69, 9.17) is 21.1 Å². The average Bonchev–Trinajstić information content (AvgIpc) is 2.67. The van der Waals surface area contributed by atoms with Crippen molar-refractivity contribution in [2.75, 3.05) is 19.8 Å². The first-order valence-electron chi connectivity index (χ1n) is 4.52. The summed E-state index contributed by atoms with van der Waals surface area (Å²) < 4.78 is 12.7. The van der Waals surface area contributed by atoms with Crippen molar-refractivity contribution in [1.29, 1.82) is 0 Å².